The maximum atomic E-state index is 11.8. The smallest absolute Gasteiger partial charge is 0.323 e. The molecular formula is C15H25NO3S. The predicted molar refractivity (Wildman–Crippen MR) is 80.2 cm³/mol. The fourth-order valence-electron chi connectivity index (χ4n) is 3.43. The Balaban J connectivity index is 1.59. The maximum absolute atomic E-state index is 11.8. The van der Waals surface area contributed by atoms with E-state index < -0.39 is 11.5 Å². The van der Waals surface area contributed by atoms with Gasteiger partial charge in [-0.15, -0.1) is 0 Å². The van der Waals surface area contributed by atoms with Gasteiger partial charge in [0.25, 0.3) is 0 Å². The Hall–Kier alpha value is -0.260. The van der Waals surface area contributed by atoms with E-state index in [0.29, 0.717) is 16.5 Å². The number of rotatable bonds is 5. The molecule has 2 unspecified atom stereocenters. The number of hydrogen-bond acceptors (Lipinski definition) is 4. The zero-order valence-corrected chi connectivity index (χ0v) is 12.8. The lowest BCUT2D eigenvalue weighted by Crippen LogP contribution is -2.56. The molecule has 2 N–H and O–H groups in total. The van der Waals surface area contributed by atoms with Crippen LogP contribution in [0, 0.1) is 0 Å². The van der Waals surface area contributed by atoms with Crippen LogP contribution < -0.4 is 5.32 Å². The molecule has 0 bridgehead atoms. The van der Waals surface area contributed by atoms with Crippen LogP contribution in [-0.2, 0) is 9.53 Å². The summed E-state index contributed by atoms with van der Waals surface area (Å²) in [6.07, 6.45) is 8.33. The van der Waals surface area contributed by atoms with Crippen molar-refractivity contribution in [2.24, 2.45) is 0 Å². The summed E-state index contributed by atoms with van der Waals surface area (Å²) in [5, 5.41) is 14.3. The summed E-state index contributed by atoms with van der Waals surface area (Å²) in [6.45, 7) is 1.74. The van der Waals surface area contributed by atoms with Crippen LogP contribution in [-0.4, -0.2) is 46.4 Å². The number of carboxylic acid groups (broad SMARTS) is 1. The topological polar surface area (TPSA) is 58.6 Å². The second-order valence-corrected chi connectivity index (χ2v) is 8.08. The van der Waals surface area contributed by atoms with Crippen molar-refractivity contribution in [2.45, 2.75) is 73.4 Å². The summed E-state index contributed by atoms with van der Waals surface area (Å²) in [5.74, 6) is -0.637. The Kier molecular flexibility index (Phi) is 4.58. The lowest BCUT2D eigenvalue weighted by atomic mass is 9.81. The molecule has 2 aliphatic carbocycles. The monoisotopic (exact) mass is 299 g/mol. The van der Waals surface area contributed by atoms with E-state index in [1.54, 1.807) is 0 Å². The molecule has 0 aromatic rings. The lowest BCUT2D eigenvalue weighted by molar-refractivity contribution is -0.146. The summed E-state index contributed by atoms with van der Waals surface area (Å²) in [5.41, 5.74) is -0.651. The van der Waals surface area contributed by atoms with Crippen molar-refractivity contribution < 1.29 is 14.6 Å². The molecule has 20 heavy (non-hydrogen) atoms. The minimum Gasteiger partial charge on any atom is -0.480 e. The summed E-state index contributed by atoms with van der Waals surface area (Å²) >= 11 is 2.03. The molecule has 3 fully saturated rings. The first-order chi connectivity index (χ1) is 9.68. The van der Waals surface area contributed by atoms with E-state index in [0.717, 1.165) is 58.2 Å². The normalized spacial score (nSPS) is 35.9. The molecule has 0 amide bonds. The van der Waals surface area contributed by atoms with Gasteiger partial charge in [-0.3, -0.25) is 10.1 Å². The van der Waals surface area contributed by atoms with Crippen LogP contribution >= 0.6 is 11.8 Å². The molecule has 5 heteroatoms. The molecule has 3 aliphatic rings. The van der Waals surface area contributed by atoms with E-state index in [2.05, 4.69) is 5.32 Å². The van der Waals surface area contributed by atoms with Gasteiger partial charge in [-0.2, -0.15) is 11.8 Å². The highest BCUT2D eigenvalue weighted by Crippen LogP contribution is 2.40. The number of ether oxygens (including phenoxy) is 1. The van der Waals surface area contributed by atoms with Gasteiger partial charge >= 0.3 is 5.97 Å². The van der Waals surface area contributed by atoms with E-state index in [9.17, 15) is 9.90 Å². The third kappa shape index (κ3) is 3.49. The number of aliphatic carboxylic acids is 1. The van der Waals surface area contributed by atoms with Gasteiger partial charge < -0.3 is 9.84 Å². The van der Waals surface area contributed by atoms with Crippen LogP contribution in [0.5, 0.6) is 0 Å². The highest BCUT2D eigenvalue weighted by molar-refractivity contribution is 8.00. The van der Waals surface area contributed by atoms with Crippen molar-refractivity contribution in [1.82, 2.24) is 5.32 Å². The van der Waals surface area contributed by atoms with Crippen molar-refractivity contribution in [3.63, 3.8) is 0 Å². The van der Waals surface area contributed by atoms with Crippen LogP contribution in [0.1, 0.15) is 51.4 Å². The van der Waals surface area contributed by atoms with E-state index in [4.69, 9.17) is 4.74 Å². The predicted octanol–water partition coefficient (Wildman–Crippen LogP) is 2.42. The van der Waals surface area contributed by atoms with Crippen LogP contribution in [0.25, 0.3) is 0 Å². The Morgan fingerprint density at radius 3 is 2.55 bits per heavy atom. The Morgan fingerprint density at radius 2 is 1.90 bits per heavy atom. The quantitative estimate of drug-likeness (QED) is 0.816. The van der Waals surface area contributed by atoms with Gasteiger partial charge in [0, 0.05) is 29.8 Å². The number of thioether (sulfide) groups is 1. The first kappa shape index (κ1) is 14.7. The van der Waals surface area contributed by atoms with Crippen LogP contribution in [0.15, 0.2) is 0 Å². The van der Waals surface area contributed by atoms with Gasteiger partial charge in [-0.25, -0.2) is 0 Å². The molecule has 0 aromatic carbocycles. The average Bonchev–Trinajstić information content (AvgIpc) is 3.24. The second kappa shape index (κ2) is 6.24. The van der Waals surface area contributed by atoms with Crippen LogP contribution in [0.2, 0.25) is 0 Å². The number of carboxylic acids is 1. The van der Waals surface area contributed by atoms with E-state index in [1.807, 2.05) is 11.8 Å². The molecular weight excluding hydrogens is 274 g/mol. The zero-order chi connectivity index (χ0) is 14.0. The van der Waals surface area contributed by atoms with Gasteiger partial charge in [0.05, 0.1) is 0 Å². The molecule has 3 rings (SSSR count). The van der Waals surface area contributed by atoms with Gasteiger partial charge in [-0.1, -0.05) is 0 Å². The molecule has 2 atom stereocenters. The molecule has 114 valence electrons. The molecule has 1 heterocycles. The highest BCUT2D eigenvalue weighted by atomic mass is 32.2. The van der Waals surface area contributed by atoms with Crippen LogP contribution in [0.3, 0.4) is 0 Å². The third-order valence-electron chi connectivity index (χ3n) is 4.73. The molecule has 0 aromatic heterocycles. The van der Waals surface area contributed by atoms with Crippen molar-refractivity contribution in [2.75, 3.05) is 13.2 Å². The number of carbonyl (C=O) groups is 1. The van der Waals surface area contributed by atoms with Gasteiger partial charge in [-0.05, 0) is 51.4 Å². The molecule has 1 saturated heterocycles. The molecule has 1 aliphatic heterocycles. The van der Waals surface area contributed by atoms with Gasteiger partial charge in [0.15, 0.2) is 0 Å². The fraction of sp³-hybridized carbons (Fsp3) is 0.933. The lowest BCUT2D eigenvalue weighted by Gasteiger charge is -2.39. The van der Waals surface area contributed by atoms with E-state index >= 15 is 0 Å². The number of nitrogens with one attached hydrogen (secondary N) is 1. The van der Waals surface area contributed by atoms with E-state index in [1.165, 1.54) is 6.42 Å². The molecule has 4 nitrogen and oxygen atoms in total. The summed E-state index contributed by atoms with van der Waals surface area (Å²) in [7, 11) is 0. The SMILES string of the molecule is O=C(O)C1(NC2CC2)CCCC(SC2CCOCC2)C1. The zero-order valence-electron chi connectivity index (χ0n) is 12.0. The van der Waals surface area contributed by atoms with Crippen molar-refractivity contribution in [3.8, 4) is 0 Å². The van der Waals surface area contributed by atoms with Crippen molar-refractivity contribution in [1.29, 1.82) is 0 Å². The third-order valence-corrected chi connectivity index (χ3v) is 6.37. The van der Waals surface area contributed by atoms with E-state index in [-0.39, 0.29) is 0 Å². The van der Waals surface area contributed by atoms with Gasteiger partial charge in [0.1, 0.15) is 5.54 Å². The summed E-state index contributed by atoms with van der Waals surface area (Å²) in [6, 6.07) is 0.456. The Bertz CT molecular complexity index is 355. The first-order valence-corrected chi connectivity index (χ1v) is 8.86. The number of hydrogen-bond donors (Lipinski definition) is 2. The minimum atomic E-state index is -0.651. The molecule has 2 saturated carbocycles. The second-order valence-electron chi connectivity index (χ2n) is 6.47. The maximum Gasteiger partial charge on any atom is 0.323 e. The van der Waals surface area contributed by atoms with Gasteiger partial charge in [0.2, 0.25) is 0 Å². The highest BCUT2D eigenvalue weighted by Gasteiger charge is 2.46. The van der Waals surface area contributed by atoms with Crippen molar-refractivity contribution >= 4 is 17.7 Å². The average molecular weight is 299 g/mol. The molecule has 0 spiro atoms. The largest absolute Gasteiger partial charge is 0.480 e. The Morgan fingerprint density at radius 1 is 1.15 bits per heavy atom. The first-order valence-electron chi connectivity index (χ1n) is 7.92. The molecule has 0 radical (unpaired) electrons. The standard InChI is InChI=1S/C15H25NO3S/c17-14(18)15(16-11-3-4-11)7-1-2-13(10-15)20-12-5-8-19-9-6-12/h11-13,16H,1-10H2,(H,17,18). The summed E-state index contributed by atoms with van der Waals surface area (Å²) in [4.78, 5) is 11.8. The van der Waals surface area contributed by atoms with Crippen molar-refractivity contribution in [3.05, 3.63) is 0 Å². The van der Waals surface area contributed by atoms with Crippen LogP contribution in [0.4, 0.5) is 0 Å². The minimum absolute atomic E-state index is 0.456. The Labute approximate surface area is 125 Å². The summed E-state index contributed by atoms with van der Waals surface area (Å²) < 4.78 is 5.41. The fourth-order valence-corrected chi connectivity index (χ4v) is 5.12.